The Labute approximate surface area is 174 Å². The van der Waals surface area contributed by atoms with Crippen molar-refractivity contribution in [3.05, 3.63) is 82.6 Å². The van der Waals surface area contributed by atoms with Crippen LogP contribution in [0.4, 0.5) is 0 Å². The van der Waals surface area contributed by atoms with Gasteiger partial charge in [0.25, 0.3) is 0 Å². The second-order valence-corrected chi connectivity index (χ2v) is 9.43. The molecule has 3 nitrogen and oxygen atoms in total. The SMILES string of the molecule is Cc1cc(Oc2cccs2)ccc1S(=O)c1ccc(Oc2cccs2)cc1C. The molecule has 6 heteroatoms. The molecule has 0 saturated carbocycles. The third-order valence-electron chi connectivity index (χ3n) is 4.12. The van der Waals surface area contributed by atoms with Crippen LogP contribution in [0.2, 0.25) is 0 Å². The molecule has 2 heterocycles. The van der Waals surface area contributed by atoms with Crippen molar-refractivity contribution in [3.63, 3.8) is 0 Å². The standard InChI is InChI=1S/C22H18O3S3/c1-15-13-17(24-21-5-3-11-26-21)7-9-19(15)28(23)20-10-8-18(14-16(20)2)25-22-6-4-12-27-22/h3-14H,1-2H3. The van der Waals surface area contributed by atoms with Gasteiger partial charge in [0.05, 0.1) is 10.8 Å². The van der Waals surface area contributed by atoms with E-state index < -0.39 is 10.8 Å². The van der Waals surface area contributed by atoms with E-state index in [1.54, 1.807) is 22.7 Å². The minimum Gasteiger partial charge on any atom is -0.447 e. The van der Waals surface area contributed by atoms with E-state index in [1.807, 2.05) is 85.3 Å². The van der Waals surface area contributed by atoms with Crippen LogP contribution in [-0.2, 0) is 10.8 Å². The molecule has 0 aliphatic carbocycles. The summed E-state index contributed by atoms with van der Waals surface area (Å²) in [6, 6.07) is 19.1. The maximum absolute atomic E-state index is 13.2. The largest absolute Gasteiger partial charge is 0.447 e. The zero-order valence-corrected chi connectivity index (χ0v) is 17.8. The Kier molecular flexibility index (Phi) is 5.62. The van der Waals surface area contributed by atoms with Crippen LogP contribution in [0.15, 0.2) is 81.2 Å². The minimum absolute atomic E-state index is 0.747. The number of benzene rings is 2. The second-order valence-electron chi connectivity index (χ2n) is 6.19. The second kappa shape index (κ2) is 8.31. The van der Waals surface area contributed by atoms with Crippen LogP contribution in [-0.4, -0.2) is 4.21 Å². The van der Waals surface area contributed by atoms with Crippen molar-refractivity contribution in [1.29, 1.82) is 0 Å². The Bertz CT molecular complexity index is 1010. The molecule has 4 rings (SSSR count). The lowest BCUT2D eigenvalue weighted by Gasteiger charge is -2.12. The van der Waals surface area contributed by atoms with Crippen molar-refractivity contribution in [2.24, 2.45) is 0 Å². The number of hydrogen-bond donors (Lipinski definition) is 0. The normalized spacial score (nSPS) is 11.0. The van der Waals surface area contributed by atoms with Crippen molar-refractivity contribution in [1.82, 2.24) is 0 Å². The van der Waals surface area contributed by atoms with Crippen LogP contribution >= 0.6 is 22.7 Å². The molecule has 4 aromatic rings. The van der Waals surface area contributed by atoms with Gasteiger partial charge in [-0.15, -0.1) is 22.7 Å². The van der Waals surface area contributed by atoms with Crippen LogP contribution < -0.4 is 9.47 Å². The molecule has 142 valence electrons. The molecule has 0 spiro atoms. The van der Waals surface area contributed by atoms with Crippen LogP contribution in [0, 0.1) is 13.8 Å². The number of thiophene rings is 2. The first-order valence-electron chi connectivity index (χ1n) is 8.66. The van der Waals surface area contributed by atoms with Gasteiger partial charge >= 0.3 is 0 Å². The third-order valence-corrected chi connectivity index (χ3v) is 7.32. The molecule has 0 aliphatic heterocycles. The molecule has 0 bridgehead atoms. The van der Waals surface area contributed by atoms with Crippen LogP contribution in [0.25, 0.3) is 0 Å². The fourth-order valence-corrected chi connectivity index (χ4v) is 5.29. The monoisotopic (exact) mass is 426 g/mol. The summed E-state index contributed by atoms with van der Waals surface area (Å²) in [4.78, 5) is 1.57. The Morgan fingerprint density at radius 3 is 1.54 bits per heavy atom. The van der Waals surface area contributed by atoms with Crippen LogP contribution in [0.5, 0.6) is 21.6 Å². The highest BCUT2D eigenvalue weighted by atomic mass is 32.2. The minimum atomic E-state index is -1.27. The lowest BCUT2D eigenvalue weighted by Crippen LogP contribution is -1.99. The predicted octanol–water partition coefficient (Wildman–Crippen LogP) is 7.18. The maximum Gasteiger partial charge on any atom is 0.180 e. The lowest BCUT2D eigenvalue weighted by molar-refractivity contribution is 0.495. The molecule has 0 unspecified atom stereocenters. The molecule has 28 heavy (non-hydrogen) atoms. The fraction of sp³-hybridized carbons (Fsp3) is 0.0909. The Hall–Kier alpha value is -2.41. The van der Waals surface area contributed by atoms with Gasteiger partial charge in [-0.1, -0.05) is 0 Å². The zero-order chi connectivity index (χ0) is 19.5. The summed E-state index contributed by atoms with van der Waals surface area (Å²) in [6.45, 7) is 3.91. The smallest absolute Gasteiger partial charge is 0.180 e. The Morgan fingerprint density at radius 2 is 1.18 bits per heavy atom. The highest BCUT2D eigenvalue weighted by Crippen LogP contribution is 2.32. The zero-order valence-electron chi connectivity index (χ0n) is 15.4. The van der Waals surface area contributed by atoms with Gasteiger partial charge in [-0.05, 0) is 96.4 Å². The van der Waals surface area contributed by atoms with Crippen molar-refractivity contribution in [2.45, 2.75) is 23.6 Å². The molecular weight excluding hydrogens is 408 g/mol. The van der Waals surface area contributed by atoms with E-state index >= 15 is 0 Å². The molecule has 0 aliphatic rings. The molecule has 0 radical (unpaired) electrons. The van der Waals surface area contributed by atoms with E-state index in [1.165, 1.54) is 0 Å². The summed E-state index contributed by atoms with van der Waals surface area (Å²) >= 11 is 3.08. The van der Waals surface area contributed by atoms with Gasteiger partial charge < -0.3 is 9.47 Å². The quantitative estimate of drug-likeness (QED) is 0.328. The number of hydrogen-bond acceptors (Lipinski definition) is 5. The fourth-order valence-electron chi connectivity index (χ4n) is 2.78. The van der Waals surface area contributed by atoms with Gasteiger partial charge in [0, 0.05) is 9.79 Å². The number of aryl methyl sites for hydroxylation is 2. The highest BCUT2D eigenvalue weighted by Gasteiger charge is 2.14. The molecule has 0 atom stereocenters. The van der Waals surface area contributed by atoms with Gasteiger partial charge in [-0.25, -0.2) is 4.21 Å². The van der Waals surface area contributed by atoms with Gasteiger partial charge in [-0.2, -0.15) is 0 Å². The third kappa shape index (κ3) is 4.19. The summed E-state index contributed by atoms with van der Waals surface area (Å²) < 4.78 is 24.8. The first kappa shape index (κ1) is 18.9. The average Bonchev–Trinajstić information content (AvgIpc) is 3.36. The molecule has 2 aromatic carbocycles. The summed E-state index contributed by atoms with van der Waals surface area (Å²) in [5.74, 6) is 1.49. The van der Waals surface area contributed by atoms with Gasteiger partial charge in [0.15, 0.2) is 10.1 Å². The van der Waals surface area contributed by atoms with Gasteiger partial charge in [0.2, 0.25) is 0 Å². The Balaban J connectivity index is 1.55. The Morgan fingerprint density at radius 1 is 0.714 bits per heavy atom. The topological polar surface area (TPSA) is 35.5 Å². The molecular formula is C22H18O3S3. The van der Waals surface area contributed by atoms with Crippen LogP contribution in [0.3, 0.4) is 0 Å². The molecule has 0 amide bonds. The molecule has 0 N–H and O–H groups in total. The molecule has 0 saturated heterocycles. The predicted molar refractivity (Wildman–Crippen MR) is 116 cm³/mol. The summed E-state index contributed by atoms with van der Waals surface area (Å²) in [6.07, 6.45) is 0. The van der Waals surface area contributed by atoms with E-state index in [4.69, 9.17) is 9.47 Å². The first-order valence-corrected chi connectivity index (χ1v) is 11.6. The highest BCUT2D eigenvalue weighted by molar-refractivity contribution is 7.85. The summed E-state index contributed by atoms with van der Waals surface area (Å²) in [5.41, 5.74) is 1.87. The summed E-state index contributed by atoms with van der Waals surface area (Å²) in [7, 11) is -1.27. The van der Waals surface area contributed by atoms with E-state index in [0.717, 1.165) is 42.5 Å². The van der Waals surface area contributed by atoms with Crippen molar-refractivity contribution < 1.29 is 13.7 Å². The number of ether oxygens (including phenoxy) is 2. The molecule has 0 fully saturated rings. The lowest BCUT2D eigenvalue weighted by atomic mass is 10.2. The first-order chi connectivity index (χ1) is 13.6. The molecule has 2 aromatic heterocycles. The summed E-state index contributed by atoms with van der Waals surface area (Å²) in [5, 5.41) is 5.62. The van der Waals surface area contributed by atoms with E-state index in [-0.39, 0.29) is 0 Å². The number of rotatable bonds is 6. The van der Waals surface area contributed by atoms with Gasteiger partial charge in [0.1, 0.15) is 11.5 Å². The van der Waals surface area contributed by atoms with Crippen molar-refractivity contribution >= 4 is 33.5 Å². The van der Waals surface area contributed by atoms with E-state index in [0.29, 0.717) is 0 Å². The van der Waals surface area contributed by atoms with Crippen molar-refractivity contribution in [3.8, 4) is 21.6 Å². The average molecular weight is 427 g/mol. The van der Waals surface area contributed by atoms with E-state index in [2.05, 4.69) is 0 Å². The maximum atomic E-state index is 13.2. The van der Waals surface area contributed by atoms with Gasteiger partial charge in [-0.3, -0.25) is 0 Å². The van der Waals surface area contributed by atoms with E-state index in [9.17, 15) is 4.21 Å². The van der Waals surface area contributed by atoms with Crippen molar-refractivity contribution in [2.75, 3.05) is 0 Å². The van der Waals surface area contributed by atoms with Crippen LogP contribution in [0.1, 0.15) is 11.1 Å².